The topological polar surface area (TPSA) is 117 Å². The predicted molar refractivity (Wildman–Crippen MR) is 133 cm³/mol. The number of nitrogens with one attached hydrogen (secondary N) is 2. The highest BCUT2D eigenvalue weighted by molar-refractivity contribution is 7.18. The average Bonchev–Trinajstić information content (AvgIpc) is 3.38. The number of rotatable bonds is 6. The number of thiophene rings is 1. The maximum absolute atomic E-state index is 12.9. The van der Waals surface area contributed by atoms with Gasteiger partial charge in [0.25, 0.3) is 11.8 Å². The smallest absolute Gasteiger partial charge is 0.284 e. The third kappa shape index (κ3) is 5.90. The fourth-order valence-electron chi connectivity index (χ4n) is 3.30. The Labute approximate surface area is 209 Å². The van der Waals surface area contributed by atoms with Crippen molar-refractivity contribution in [3.8, 4) is 0 Å². The molecule has 174 valence electrons. The van der Waals surface area contributed by atoms with Gasteiger partial charge in [0.2, 0.25) is 5.91 Å². The van der Waals surface area contributed by atoms with Crippen molar-refractivity contribution in [1.29, 1.82) is 0 Å². The van der Waals surface area contributed by atoms with Crippen LogP contribution in [-0.4, -0.2) is 41.2 Å². The fraction of sp³-hybridized carbons (Fsp3) is 0.238. The number of nitrogens with two attached hydrogens (primary N) is 1. The molecule has 3 amide bonds. The fourth-order valence-corrected chi connectivity index (χ4v) is 5.34. The van der Waals surface area contributed by atoms with Crippen LogP contribution in [-0.2, 0) is 19.5 Å². The first kappa shape index (κ1) is 25.1. The zero-order valence-corrected chi connectivity index (χ0v) is 20.7. The molecule has 0 aliphatic carbocycles. The number of anilines is 1. The molecule has 0 unspecified atom stereocenters. The van der Waals surface area contributed by atoms with E-state index < -0.39 is 5.91 Å². The lowest BCUT2D eigenvalue weighted by molar-refractivity contribution is 0.0953. The van der Waals surface area contributed by atoms with Crippen LogP contribution in [0.1, 0.15) is 46.0 Å². The lowest BCUT2D eigenvalue weighted by Crippen LogP contribution is -2.25. The summed E-state index contributed by atoms with van der Waals surface area (Å²) in [6.45, 7) is 1.81. The maximum Gasteiger partial charge on any atom is 0.284 e. The van der Waals surface area contributed by atoms with Crippen molar-refractivity contribution in [2.75, 3.05) is 18.9 Å². The van der Waals surface area contributed by atoms with E-state index >= 15 is 0 Å². The van der Waals surface area contributed by atoms with E-state index in [1.165, 1.54) is 28.7 Å². The number of benzene rings is 1. The van der Waals surface area contributed by atoms with Gasteiger partial charge in [0.15, 0.2) is 5.01 Å². The largest absolute Gasteiger partial charge is 0.366 e. The van der Waals surface area contributed by atoms with E-state index in [9.17, 15) is 14.4 Å². The number of fused-ring (bicyclic) bond motifs is 1. The van der Waals surface area contributed by atoms with Crippen molar-refractivity contribution in [1.82, 2.24) is 15.2 Å². The number of likely N-dealkylation sites (N-methyl/N-ethyl adjacent to an activating group) is 1. The second-order valence-corrected chi connectivity index (χ2v) is 10.2. The molecule has 33 heavy (non-hydrogen) atoms. The molecular weight excluding hydrogens is 505 g/mol. The Morgan fingerprint density at radius 3 is 2.67 bits per heavy atom. The number of nitrogens with zero attached hydrogens (tertiary/aromatic N) is 2. The van der Waals surface area contributed by atoms with Gasteiger partial charge in [0.1, 0.15) is 0 Å². The van der Waals surface area contributed by atoms with Crippen LogP contribution in [0.2, 0.25) is 4.34 Å². The molecule has 1 aromatic carbocycles. The molecule has 0 radical (unpaired) electrons. The van der Waals surface area contributed by atoms with Crippen LogP contribution in [0, 0.1) is 0 Å². The first-order valence-electron chi connectivity index (χ1n) is 9.75. The molecule has 0 spiro atoms. The number of halogens is 2. The lowest BCUT2D eigenvalue weighted by atomic mass is 10.1. The molecule has 0 fully saturated rings. The third-order valence-electron chi connectivity index (χ3n) is 5.00. The Balaban J connectivity index is 0.00000306. The van der Waals surface area contributed by atoms with Gasteiger partial charge in [0.05, 0.1) is 14.9 Å². The van der Waals surface area contributed by atoms with E-state index in [4.69, 9.17) is 17.3 Å². The minimum Gasteiger partial charge on any atom is -0.366 e. The highest BCUT2D eigenvalue weighted by Crippen LogP contribution is 2.26. The molecule has 4 N–H and O–H groups in total. The average molecular weight is 526 g/mol. The monoisotopic (exact) mass is 525 g/mol. The summed E-state index contributed by atoms with van der Waals surface area (Å²) in [7, 11) is 2.03. The van der Waals surface area contributed by atoms with Crippen molar-refractivity contribution in [2.45, 2.75) is 19.5 Å². The molecule has 0 bridgehead atoms. The van der Waals surface area contributed by atoms with E-state index in [2.05, 4.69) is 20.5 Å². The van der Waals surface area contributed by atoms with Gasteiger partial charge in [-0.05, 0) is 36.9 Å². The summed E-state index contributed by atoms with van der Waals surface area (Å²) in [6.07, 6.45) is 0.802. The van der Waals surface area contributed by atoms with Crippen LogP contribution in [0.5, 0.6) is 0 Å². The SMILES string of the molecule is CN1CCc2nc(C(=O)Nc3cc(C(N)=O)ccc3CNC(=O)c3ccc(Cl)s3)sc2C1.Cl. The minimum absolute atomic E-state index is 0. The molecule has 2 aromatic heterocycles. The van der Waals surface area contributed by atoms with Crippen molar-refractivity contribution in [3.63, 3.8) is 0 Å². The van der Waals surface area contributed by atoms with Gasteiger partial charge in [-0.25, -0.2) is 4.98 Å². The molecule has 0 saturated carbocycles. The molecule has 3 heterocycles. The van der Waals surface area contributed by atoms with Gasteiger partial charge in [-0.15, -0.1) is 35.1 Å². The quantitative estimate of drug-likeness (QED) is 0.454. The first-order valence-corrected chi connectivity index (χ1v) is 11.8. The first-order chi connectivity index (χ1) is 15.3. The van der Waals surface area contributed by atoms with Crippen LogP contribution >= 0.6 is 46.7 Å². The Morgan fingerprint density at radius 1 is 1.18 bits per heavy atom. The molecule has 0 saturated heterocycles. The summed E-state index contributed by atoms with van der Waals surface area (Å²) >= 11 is 8.43. The van der Waals surface area contributed by atoms with Crippen LogP contribution in [0.3, 0.4) is 0 Å². The number of amides is 3. The molecule has 1 aliphatic rings. The second-order valence-electron chi connectivity index (χ2n) is 7.35. The van der Waals surface area contributed by atoms with Gasteiger partial charge < -0.3 is 21.3 Å². The van der Waals surface area contributed by atoms with Gasteiger partial charge >= 0.3 is 0 Å². The van der Waals surface area contributed by atoms with Crippen molar-refractivity contribution in [2.24, 2.45) is 5.73 Å². The second kappa shape index (κ2) is 10.6. The Hall–Kier alpha value is -2.50. The van der Waals surface area contributed by atoms with Crippen LogP contribution in [0.25, 0.3) is 0 Å². The van der Waals surface area contributed by atoms with E-state index in [-0.39, 0.29) is 36.3 Å². The normalized spacial score (nSPS) is 13.0. The van der Waals surface area contributed by atoms with Crippen molar-refractivity contribution < 1.29 is 14.4 Å². The number of hydrogen-bond acceptors (Lipinski definition) is 7. The van der Waals surface area contributed by atoms with Crippen LogP contribution in [0.15, 0.2) is 30.3 Å². The molecule has 1 aliphatic heterocycles. The Kier molecular flexibility index (Phi) is 8.09. The van der Waals surface area contributed by atoms with Crippen molar-refractivity contribution >= 4 is 70.1 Å². The summed E-state index contributed by atoms with van der Waals surface area (Å²) in [5, 5.41) is 5.99. The zero-order chi connectivity index (χ0) is 22.8. The summed E-state index contributed by atoms with van der Waals surface area (Å²) in [6, 6.07) is 8.01. The Morgan fingerprint density at radius 2 is 1.97 bits per heavy atom. The molecular formula is C21H21Cl2N5O3S2. The summed E-state index contributed by atoms with van der Waals surface area (Å²) < 4.78 is 0.520. The van der Waals surface area contributed by atoms with Crippen LogP contribution < -0.4 is 16.4 Å². The minimum atomic E-state index is -0.614. The number of primary amides is 1. The van der Waals surface area contributed by atoms with Gasteiger partial charge in [0, 0.05) is 42.2 Å². The highest BCUT2D eigenvalue weighted by Gasteiger charge is 2.22. The highest BCUT2D eigenvalue weighted by atomic mass is 35.5. The third-order valence-corrected chi connectivity index (χ3v) is 7.31. The molecule has 8 nitrogen and oxygen atoms in total. The lowest BCUT2D eigenvalue weighted by Gasteiger charge is -2.20. The number of hydrogen-bond donors (Lipinski definition) is 3. The van der Waals surface area contributed by atoms with Crippen LogP contribution in [0.4, 0.5) is 5.69 Å². The number of carbonyl (C=O) groups is 3. The molecule has 12 heteroatoms. The number of aromatic nitrogens is 1. The zero-order valence-electron chi connectivity index (χ0n) is 17.5. The summed E-state index contributed by atoms with van der Waals surface area (Å²) in [4.78, 5) is 45.2. The number of carbonyl (C=O) groups excluding carboxylic acids is 3. The summed E-state index contributed by atoms with van der Waals surface area (Å²) in [5.41, 5.74) is 7.62. The van der Waals surface area contributed by atoms with Crippen molar-refractivity contribution in [3.05, 3.63) is 66.3 Å². The number of thiazole rings is 1. The van der Waals surface area contributed by atoms with E-state index in [0.717, 1.165) is 30.1 Å². The van der Waals surface area contributed by atoms with Gasteiger partial charge in [-0.2, -0.15) is 0 Å². The van der Waals surface area contributed by atoms with E-state index in [0.29, 0.717) is 25.5 Å². The van der Waals surface area contributed by atoms with Gasteiger partial charge in [-0.3, -0.25) is 14.4 Å². The van der Waals surface area contributed by atoms with E-state index in [1.807, 2.05) is 7.05 Å². The summed E-state index contributed by atoms with van der Waals surface area (Å²) in [5.74, 6) is -1.27. The maximum atomic E-state index is 12.9. The standard InChI is InChI=1S/C21H20ClN5O3S2.ClH/c1-27-7-6-13-16(10-27)32-21(26-13)20(30)25-14-8-11(18(23)28)2-3-12(14)9-24-19(29)15-4-5-17(22)31-15;/h2-5,8H,6-7,9-10H2,1H3,(H2,23,28)(H,24,29)(H,25,30);1H. The van der Waals surface area contributed by atoms with Gasteiger partial charge in [-0.1, -0.05) is 17.7 Å². The molecule has 0 atom stereocenters. The van der Waals surface area contributed by atoms with E-state index in [1.54, 1.807) is 24.3 Å². The predicted octanol–water partition coefficient (Wildman–Crippen LogP) is 3.55. The Bertz CT molecular complexity index is 1210. The molecule has 4 rings (SSSR count). The molecule has 3 aromatic rings.